The van der Waals surface area contributed by atoms with Crippen LogP contribution in [0.25, 0.3) is 0 Å². The fraction of sp³-hybridized carbons (Fsp3) is 0.250. The Kier molecular flexibility index (Phi) is 3.61. The van der Waals surface area contributed by atoms with Crippen LogP contribution in [0.5, 0.6) is 5.75 Å². The minimum Gasteiger partial charge on any atom is -0.506 e. The lowest BCUT2D eigenvalue weighted by Gasteiger charge is -2.11. The van der Waals surface area contributed by atoms with E-state index in [0.29, 0.717) is 0 Å². The number of nitro benzene ring substituents is 1. The summed E-state index contributed by atoms with van der Waals surface area (Å²) >= 11 is 2.97. The number of phenolic OH excluding ortho intramolecular Hbond substituents is 1. The van der Waals surface area contributed by atoms with Gasteiger partial charge in [-0.1, -0.05) is 0 Å². The third kappa shape index (κ3) is 2.44. The predicted octanol–water partition coefficient (Wildman–Crippen LogP) is 1.05. The van der Waals surface area contributed by atoms with E-state index in [2.05, 4.69) is 15.9 Å². The van der Waals surface area contributed by atoms with Crippen molar-refractivity contribution in [2.75, 3.05) is 6.61 Å². The van der Waals surface area contributed by atoms with Crippen LogP contribution >= 0.6 is 15.9 Å². The van der Waals surface area contributed by atoms with Gasteiger partial charge in [0, 0.05) is 17.7 Å². The van der Waals surface area contributed by atoms with Gasteiger partial charge in [-0.05, 0) is 15.9 Å². The van der Waals surface area contributed by atoms with Gasteiger partial charge in [-0.15, -0.1) is 0 Å². The molecule has 1 aromatic carbocycles. The molecule has 0 aliphatic rings. The van der Waals surface area contributed by atoms with E-state index in [4.69, 9.17) is 10.8 Å². The lowest BCUT2D eigenvalue weighted by molar-refractivity contribution is -0.385. The minimum atomic E-state index is -0.846. The molecule has 82 valence electrons. The summed E-state index contributed by atoms with van der Waals surface area (Å²) in [5.41, 5.74) is 5.42. The van der Waals surface area contributed by atoms with E-state index in [1.165, 1.54) is 6.07 Å². The summed E-state index contributed by atoms with van der Waals surface area (Å²) in [6, 6.07) is 1.46. The lowest BCUT2D eigenvalue weighted by Crippen LogP contribution is -2.15. The smallest absolute Gasteiger partial charge is 0.271 e. The van der Waals surface area contributed by atoms with Gasteiger partial charge in [-0.2, -0.15) is 0 Å². The molecule has 0 spiro atoms. The maximum Gasteiger partial charge on any atom is 0.271 e. The molecule has 1 rings (SSSR count). The van der Waals surface area contributed by atoms with Crippen molar-refractivity contribution >= 4 is 21.6 Å². The number of non-ortho nitro benzene ring substituents is 1. The fourth-order valence-electron chi connectivity index (χ4n) is 1.09. The van der Waals surface area contributed by atoms with Crippen molar-refractivity contribution in [1.82, 2.24) is 0 Å². The van der Waals surface area contributed by atoms with Gasteiger partial charge in [0.2, 0.25) is 0 Å². The van der Waals surface area contributed by atoms with E-state index in [1.54, 1.807) is 0 Å². The molecule has 4 N–H and O–H groups in total. The number of phenols is 1. The van der Waals surface area contributed by atoms with Crippen LogP contribution in [0.15, 0.2) is 16.6 Å². The minimum absolute atomic E-state index is 0.138. The number of rotatable bonds is 3. The van der Waals surface area contributed by atoms with Crippen molar-refractivity contribution < 1.29 is 15.1 Å². The maximum atomic E-state index is 10.5. The largest absolute Gasteiger partial charge is 0.506 e. The second-order valence-electron chi connectivity index (χ2n) is 2.91. The highest BCUT2D eigenvalue weighted by molar-refractivity contribution is 9.10. The number of nitrogens with zero attached hydrogens (tertiary/aromatic N) is 1. The molecule has 1 atom stereocenters. The normalized spacial score (nSPS) is 12.5. The van der Waals surface area contributed by atoms with Gasteiger partial charge in [0.25, 0.3) is 5.69 Å². The number of aliphatic hydroxyl groups excluding tert-OH is 1. The summed E-state index contributed by atoms with van der Waals surface area (Å²) in [7, 11) is 0. The van der Waals surface area contributed by atoms with Crippen LogP contribution in [-0.4, -0.2) is 21.7 Å². The lowest BCUT2D eigenvalue weighted by atomic mass is 10.1. The Hall–Kier alpha value is -1.18. The number of hydrogen-bond donors (Lipinski definition) is 3. The van der Waals surface area contributed by atoms with Gasteiger partial charge in [-0.3, -0.25) is 10.1 Å². The highest BCUT2D eigenvalue weighted by Crippen LogP contribution is 2.35. The Bertz CT molecular complexity index is 396. The first-order valence-electron chi connectivity index (χ1n) is 4.00. The van der Waals surface area contributed by atoms with Crippen LogP contribution in [-0.2, 0) is 0 Å². The van der Waals surface area contributed by atoms with Crippen LogP contribution in [0.1, 0.15) is 11.6 Å². The number of nitrogens with two attached hydrogens (primary N) is 1. The summed E-state index contributed by atoms with van der Waals surface area (Å²) in [6.07, 6.45) is 0. The molecule has 0 bridgehead atoms. The van der Waals surface area contributed by atoms with E-state index >= 15 is 0 Å². The zero-order valence-electron chi connectivity index (χ0n) is 7.55. The first kappa shape index (κ1) is 11.9. The highest BCUT2D eigenvalue weighted by atomic mass is 79.9. The van der Waals surface area contributed by atoms with Crippen LogP contribution in [0, 0.1) is 10.1 Å². The van der Waals surface area contributed by atoms with Crippen LogP contribution in [0.2, 0.25) is 0 Å². The van der Waals surface area contributed by atoms with E-state index in [-0.39, 0.29) is 21.5 Å². The number of benzene rings is 1. The molecule has 0 amide bonds. The van der Waals surface area contributed by atoms with Gasteiger partial charge in [0.1, 0.15) is 5.75 Å². The van der Waals surface area contributed by atoms with E-state index < -0.39 is 17.6 Å². The SMILES string of the molecule is N[C@@H](CO)c1cc([N+](=O)[O-])cc(Br)c1O. The monoisotopic (exact) mass is 276 g/mol. The van der Waals surface area contributed by atoms with Crippen LogP contribution < -0.4 is 5.73 Å². The second-order valence-corrected chi connectivity index (χ2v) is 3.77. The van der Waals surface area contributed by atoms with Crippen molar-refractivity contribution in [3.63, 3.8) is 0 Å². The molecule has 0 fully saturated rings. The van der Waals surface area contributed by atoms with Gasteiger partial charge in [-0.25, -0.2) is 0 Å². The molecular formula is C8H9BrN2O4. The van der Waals surface area contributed by atoms with Crippen molar-refractivity contribution in [1.29, 1.82) is 0 Å². The molecule has 0 aromatic heterocycles. The van der Waals surface area contributed by atoms with E-state index in [9.17, 15) is 15.2 Å². The number of aliphatic hydroxyl groups is 1. The maximum absolute atomic E-state index is 10.5. The quantitative estimate of drug-likeness (QED) is 0.565. The standard InChI is InChI=1S/C8H9BrN2O4/c9-6-2-4(11(14)15)1-5(8(6)13)7(10)3-12/h1-2,7,12-13H,3,10H2/t7-/m0/s1. The Morgan fingerprint density at radius 1 is 1.60 bits per heavy atom. The van der Waals surface area contributed by atoms with Crippen molar-refractivity contribution in [3.8, 4) is 5.75 Å². The summed E-state index contributed by atoms with van der Waals surface area (Å²) in [6.45, 7) is -0.402. The van der Waals surface area contributed by atoms with Gasteiger partial charge < -0.3 is 15.9 Å². The highest BCUT2D eigenvalue weighted by Gasteiger charge is 2.18. The third-order valence-corrected chi connectivity index (χ3v) is 2.49. The van der Waals surface area contributed by atoms with E-state index in [0.717, 1.165) is 6.07 Å². The second kappa shape index (κ2) is 4.56. The first-order chi connectivity index (χ1) is 6.97. The molecule has 7 heteroatoms. The Morgan fingerprint density at radius 2 is 2.20 bits per heavy atom. The zero-order valence-corrected chi connectivity index (χ0v) is 9.14. The van der Waals surface area contributed by atoms with Crippen LogP contribution in [0.4, 0.5) is 5.69 Å². The number of hydrogen-bond acceptors (Lipinski definition) is 5. The number of halogens is 1. The average Bonchev–Trinajstić information content (AvgIpc) is 2.20. The number of aromatic hydroxyl groups is 1. The summed E-state index contributed by atoms with van der Waals surface area (Å²) in [4.78, 5) is 9.93. The molecule has 1 aromatic rings. The predicted molar refractivity (Wildman–Crippen MR) is 56.5 cm³/mol. The summed E-state index contributed by atoms with van der Waals surface area (Å²) in [5, 5.41) is 28.9. The molecular weight excluding hydrogens is 268 g/mol. The van der Waals surface area contributed by atoms with Crippen molar-refractivity contribution in [3.05, 3.63) is 32.3 Å². The molecule has 0 radical (unpaired) electrons. The molecule has 0 aliphatic heterocycles. The molecule has 15 heavy (non-hydrogen) atoms. The summed E-state index contributed by atoms with van der Waals surface area (Å²) in [5.74, 6) is -0.192. The Morgan fingerprint density at radius 3 is 2.67 bits per heavy atom. The number of nitro groups is 1. The van der Waals surface area contributed by atoms with Gasteiger partial charge in [0.05, 0.1) is 22.0 Å². The average molecular weight is 277 g/mol. The molecule has 0 saturated carbocycles. The molecule has 0 unspecified atom stereocenters. The molecule has 0 aliphatic carbocycles. The summed E-state index contributed by atoms with van der Waals surface area (Å²) < 4.78 is 0.176. The van der Waals surface area contributed by atoms with Gasteiger partial charge >= 0.3 is 0 Å². The van der Waals surface area contributed by atoms with E-state index in [1.807, 2.05) is 0 Å². The van der Waals surface area contributed by atoms with Crippen molar-refractivity contribution in [2.24, 2.45) is 5.73 Å². The zero-order chi connectivity index (χ0) is 11.6. The van der Waals surface area contributed by atoms with Crippen LogP contribution in [0.3, 0.4) is 0 Å². The first-order valence-corrected chi connectivity index (χ1v) is 4.80. The molecule has 6 nitrogen and oxygen atoms in total. The van der Waals surface area contributed by atoms with Gasteiger partial charge in [0.15, 0.2) is 0 Å². The molecule has 0 saturated heterocycles. The van der Waals surface area contributed by atoms with Crippen molar-refractivity contribution in [2.45, 2.75) is 6.04 Å². The Balaban J connectivity index is 3.31. The molecule has 0 heterocycles. The third-order valence-electron chi connectivity index (χ3n) is 1.88. The Labute approximate surface area is 93.6 Å². The topological polar surface area (TPSA) is 110 Å². The fourth-order valence-corrected chi connectivity index (χ4v) is 1.56.